The Bertz CT molecular complexity index is 836. The minimum absolute atomic E-state index is 0.154. The van der Waals surface area contributed by atoms with Crippen molar-refractivity contribution in [1.29, 1.82) is 0 Å². The number of ether oxygens (including phenoxy) is 1. The number of hydrogen-bond donors (Lipinski definition) is 2. The Labute approximate surface area is 120 Å². The summed E-state index contributed by atoms with van der Waals surface area (Å²) in [6, 6.07) is 8.74. The van der Waals surface area contributed by atoms with Crippen molar-refractivity contribution in [3.63, 3.8) is 0 Å². The highest BCUT2D eigenvalue weighted by atomic mass is 16.5. The van der Waals surface area contributed by atoms with Crippen LogP contribution in [0.5, 0.6) is 5.75 Å². The molecule has 3 rings (SSSR count). The lowest BCUT2D eigenvalue weighted by Crippen LogP contribution is -2.03. The third-order valence-corrected chi connectivity index (χ3v) is 3.16. The number of aromatic nitrogens is 2. The highest BCUT2D eigenvalue weighted by Gasteiger charge is 2.19. The van der Waals surface area contributed by atoms with E-state index < -0.39 is 0 Å². The normalized spacial score (nSPS) is 10.5. The lowest BCUT2D eigenvalue weighted by atomic mass is 10.0. The quantitative estimate of drug-likeness (QED) is 0.769. The van der Waals surface area contributed by atoms with Crippen LogP contribution in [0.3, 0.4) is 0 Å². The van der Waals surface area contributed by atoms with Crippen LogP contribution in [-0.2, 0) is 0 Å². The second kappa shape index (κ2) is 5.16. The van der Waals surface area contributed by atoms with Crippen LogP contribution in [0.4, 0.5) is 5.88 Å². The summed E-state index contributed by atoms with van der Waals surface area (Å²) in [4.78, 5) is 14.8. The van der Waals surface area contributed by atoms with Crippen molar-refractivity contribution in [3.05, 3.63) is 52.9 Å². The van der Waals surface area contributed by atoms with Gasteiger partial charge in [0.25, 0.3) is 0 Å². The van der Waals surface area contributed by atoms with Crippen LogP contribution in [0.1, 0.15) is 0 Å². The maximum absolute atomic E-state index is 12.0. The molecule has 21 heavy (non-hydrogen) atoms. The number of nitrogens with one attached hydrogen (secondary N) is 1. The van der Waals surface area contributed by atoms with Crippen molar-refractivity contribution in [2.45, 2.75) is 0 Å². The lowest BCUT2D eigenvalue weighted by molar-refractivity contribution is 0.415. The fourth-order valence-corrected chi connectivity index (χ4v) is 2.15. The zero-order valence-electron chi connectivity index (χ0n) is 11.3. The maximum Gasteiger partial charge on any atom is 0.230 e. The van der Waals surface area contributed by atoms with Gasteiger partial charge in [-0.3, -0.25) is 4.79 Å². The molecule has 3 N–H and O–H groups in total. The van der Waals surface area contributed by atoms with Gasteiger partial charge in [0.2, 0.25) is 5.88 Å². The second-order valence-corrected chi connectivity index (χ2v) is 4.42. The minimum atomic E-state index is -0.161. The van der Waals surface area contributed by atoms with Gasteiger partial charge in [0.15, 0.2) is 5.43 Å². The van der Waals surface area contributed by atoms with Crippen LogP contribution in [0.2, 0.25) is 0 Å². The summed E-state index contributed by atoms with van der Waals surface area (Å²) in [5.41, 5.74) is 7.86. The molecule has 0 amide bonds. The number of pyridine rings is 1. The smallest absolute Gasteiger partial charge is 0.230 e. The number of methoxy groups -OCH3 is 1. The third-order valence-electron chi connectivity index (χ3n) is 3.16. The number of hydrogen-bond acceptors (Lipinski definition) is 5. The van der Waals surface area contributed by atoms with Crippen molar-refractivity contribution in [1.82, 2.24) is 10.1 Å². The van der Waals surface area contributed by atoms with E-state index in [0.29, 0.717) is 22.6 Å². The van der Waals surface area contributed by atoms with Crippen LogP contribution in [0.15, 0.2) is 52.0 Å². The molecule has 0 spiro atoms. The monoisotopic (exact) mass is 283 g/mol. The average molecular weight is 283 g/mol. The third kappa shape index (κ3) is 2.27. The first-order valence-corrected chi connectivity index (χ1v) is 6.27. The molecular formula is C15H13N3O3. The predicted molar refractivity (Wildman–Crippen MR) is 79.0 cm³/mol. The number of anilines is 1. The number of benzene rings is 1. The number of aromatic amines is 1. The average Bonchev–Trinajstić information content (AvgIpc) is 2.89. The zero-order chi connectivity index (χ0) is 14.8. The molecule has 0 atom stereocenters. The van der Waals surface area contributed by atoms with Gasteiger partial charge in [0.1, 0.15) is 11.4 Å². The molecule has 0 aliphatic carbocycles. The topological polar surface area (TPSA) is 94.1 Å². The molecule has 0 unspecified atom stereocenters. The maximum atomic E-state index is 12.0. The molecule has 0 fully saturated rings. The summed E-state index contributed by atoms with van der Waals surface area (Å²) in [7, 11) is 1.58. The van der Waals surface area contributed by atoms with E-state index in [1.807, 2.05) is 24.3 Å². The summed E-state index contributed by atoms with van der Waals surface area (Å²) in [5.74, 6) is 0.836. The van der Waals surface area contributed by atoms with Crippen molar-refractivity contribution >= 4 is 5.88 Å². The number of nitrogen functional groups attached to an aromatic ring is 1. The SMILES string of the molecule is COc1cccc(-c2c(-c3c[nH]ccc3=O)noc2N)c1. The highest BCUT2D eigenvalue weighted by Crippen LogP contribution is 2.36. The van der Waals surface area contributed by atoms with Crippen LogP contribution in [0, 0.1) is 0 Å². The van der Waals surface area contributed by atoms with Crippen LogP contribution in [0.25, 0.3) is 22.4 Å². The van der Waals surface area contributed by atoms with Gasteiger partial charge in [0, 0.05) is 18.5 Å². The van der Waals surface area contributed by atoms with Crippen molar-refractivity contribution in [2.75, 3.05) is 12.8 Å². The molecule has 0 saturated heterocycles. The predicted octanol–water partition coefficient (Wildman–Crippen LogP) is 2.29. The molecule has 2 aromatic heterocycles. The van der Waals surface area contributed by atoms with Gasteiger partial charge in [-0.1, -0.05) is 17.3 Å². The molecule has 0 saturated carbocycles. The van der Waals surface area contributed by atoms with Gasteiger partial charge in [-0.15, -0.1) is 0 Å². The number of nitrogens with zero attached hydrogens (tertiary/aromatic N) is 1. The zero-order valence-corrected chi connectivity index (χ0v) is 11.3. The summed E-state index contributed by atoms with van der Waals surface area (Å²) >= 11 is 0. The summed E-state index contributed by atoms with van der Waals surface area (Å²) in [5, 5.41) is 3.92. The Morgan fingerprint density at radius 3 is 2.95 bits per heavy atom. The molecular weight excluding hydrogens is 270 g/mol. The summed E-state index contributed by atoms with van der Waals surface area (Å²) in [6.45, 7) is 0. The molecule has 0 radical (unpaired) electrons. The van der Waals surface area contributed by atoms with E-state index in [2.05, 4.69) is 10.1 Å². The lowest BCUT2D eigenvalue weighted by Gasteiger charge is -2.05. The van der Waals surface area contributed by atoms with E-state index >= 15 is 0 Å². The van der Waals surface area contributed by atoms with Crippen LogP contribution in [-0.4, -0.2) is 17.3 Å². The Morgan fingerprint density at radius 2 is 2.19 bits per heavy atom. The van der Waals surface area contributed by atoms with E-state index in [0.717, 1.165) is 5.56 Å². The van der Waals surface area contributed by atoms with Crippen molar-refractivity contribution < 1.29 is 9.26 Å². The molecule has 6 nitrogen and oxygen atoms in total. The largest absolute Gasteiger partial charge is 0.497 e. The fourth-order valence-electron chi connectivity index (χ4n) is 2.15. The first kappa shape index (κ1) is 13.0. The summed E-state index contributed by atoms with van der Waals surface area (Å²) in [6.07, 6.45) is 3.13. The van der Waals surface area contributed by atoms with Gasteiger partial charge in [-0.25, -0.2) is 0 Å². The highest BCUT2D eigenvalue weighted by molar-refractivity contribution is 5.86. The van der Waals surface area contributed by atoms with E-state index in [9.17, 15) is 4.79 Å². The van der Waals surface area contributed by atoms with E-state index in [1.165, 1.54) is 6.07 Å². The molecule has 3 aromatic rings. The van der Waals surface area contributed by atoms with Gasteiger partial charge in [0.05, 0.1) is 18.2 Å². The molecule has 0 aliphatic rings. The summed E-state index contributed by atoms with van der Waals surface area (Å²) < 4.78 is 10.3. The molecule has 0 bridgehead atoms. The minimum Gasteiger partial charge on any atom is -0.497 e. The van der Waals surface area contributed by atoms with Crippen LogP contribution >= 0.6 is 0 Å². The van der Waals surface area contributed by atoms with Crippen molar-refractivity contribution in [3.8, 4) is 28.1 Å². The van der Waals surface area contributed by atoms with Crippen LogP contribution < -0.4 is 15.9 Å². The van der Waals surface area contributed by atoms with E-state index in [4.69, 9.17) is 15.0 Å². The molecule has 106 valence electrons. The molecule has 0 aliphatic heterocycles. The Balaban J connectivity index is 2.22. The van der Waals surface area contributed by atoms with Crippen molar-refractivity contribution in [2.24, 2.45) is 0 Å². The first-order valence-electron chi connectivity index (χ1n) is 6.27. The van der Waals surface area contributed by atoms with Gasteiger partial charge < -0.3 is 20.0 Å². The van der Waals surface area contributed by atoms with E-state index in [-0.39, 0.29) is 11.3 Å². The fraction of sp³-hybridized carbons (Fsp3) is 0.0667. The molecule has 1 aromatic carbocycles. The number of nitrogens with two attached hydrogens (primary N) is 1. The first-order chi connectivity index (χ1) is 10.2. The molecule has 6 heteroatoms. The van der Waals surface area contributed by atoms with Gasteiger partial charge >= 0.3 is 0 Å². The number of H-pyrrole nitrogens is 1. The Morgan fingerprint density at radius 1 is 1.33 bits per heavy atom. The van der Waals surface area contributed by atoms with Gasteiger partial charge in [-0.2, -0.15) is 0 Å². The number of rotatable bonds is 3. The second-order valence-electron chi connectivity index (χ2n) is 4.42. The standard InChI is InChI=1S/C15H13N3O3/c1-20-10-4-2-3-9(7-10)13-14(18-21-15(13)16)11-8-17-6-5-12(11)19/h2-8H,16H2,1H3,(H,17,19). The Kier molecular flexibility index (Phi) is 3.19. The van der Waals surface area contributed by atoms with E-state index in [1.54, 1.807) is 19.5 Å². The Hall–Kier alpha value is -3.02. The van der Waals surface area contributed by atoms with Gasteiger partial charge in [-0.05, 0) is 17.7 Å². The molecule has 2 heterocycles.